The molecule has 0 amide bonds. The molecular formula is C20H22N2O5. The Morgan fingerprint density at radius 2 is 1.89 bits per heavy atom. The smallest absolute Gasteiger partial charge is 0.307 e. The topological polar surface area (TPSA) is 90.5 Å². The van der Waals surface area contributed by atoms with Gasteiger partial charge in [0.05, 0.1) is 32.3 Å². The molecule has 142 valence electrons. The van der Waals surface area contributed by atoms with Gasteiger partial charge in [0.2, 0.25) is 5.78 Å². The molecule has 0 aliphatic heterocycles. The highest BCUT2D eigenvalue weighted by Gasteiger charge is 2.18. The molecule has 0 saturated heterocycles. The van der Waals surface area contributed by atoms with Gasteiger partial charge in [-0.2, -0.15) is 5.26 Å². The number of carbonyl (C=O) groups is 2. The third-order valence-electron chi connectivity index (χ3n) is 4.29. The Morgan fingerprint density at radius 1 is 1.15 bits per heavy atom. The maximum Gasteiger partial charge on any atom is 0.307 e. The first-order valence-electron chi connectivity index (χ1n) is 8.39. The van der Waals surface area contributed by atoms with Gasteiger partial charge in [-0.3, -0.25) is 9.59 Å². The fraction of sp³-hybridized carbons (Fsp3) is 0.350. The molecule has 1 heterocycles. The summed E-state index contributed by atoms with van der Waals surface area (Å²) in [5.41, 5.74) is 2.65. The first-order chi connectivity index (χ1) is 12.9. The van der Waals surface area contributed by atoms with Crippen LogP contribution in [0.5, 0.6) is 11.5 Å². The first-order valence-corrected chi connectivity index (χ1v) is 8.39. The predicted octanol–water partition coefficient (Wildman–Crippen LogP) is 2.81. The molecule has 0 atom stereocenters. The maximum atomic E-state index is 12.6. The molecule has 0 spiro atoms. The van der Waals surface area contributed by atoms with Crippen molar-refractivity contribution in [1.29, 1.82) is 5.26 Å². The normalized spacial score (nSPS) is 10.2. The number of hydrogen-bond acceptors (Lipinski definition) is 6. The van der Waals surface area contributed by atoms with Crippen LogP contribution in [0.25, 0.3) is 0 Å². The Balaban J connectivity index is 2.11. The van der Waals surface area contributed by atoms with Crippen molar-refractivity contribution in [2.75, 3.05) is 20.8 Å². The molecule has 0 N–H and O–H groups in total. The lowest BCUT2D eigenvalue weighted by molar-refractivity contribution is -0.140. The van der Waals surface area contributed by atoms with Gasteiger partial charge in [0.1, 0.15) is 0 Å². The zero-order valence-corrected chi connectivity index (χ0v) is 15.9. The van der Waals surface area contributed by atoms with E-state index in [1.54, 1.807) is 24.3 Å². The van der Waals surface area contributed by atoms with Gasteiger partial charge in [0.15, 0.2) is 18.1 Å². The summed E-state index contributed by atoms with van der Waals surface area (Å²) >= 11 is 0. The van der Waals surface area contributed by atoms with Crippen molar-refractivity contribution in [3.05, 3.63) is 46.8 Å². The van der Waals surface area contributed by atoms with Crippen LogP contribution in [-0.4, -0.2) is 37.1 Å². The van der Waals surface area contributed by atoms with Crippen LogP contribution in [0.1, 0.15) is 33.7 Å². The summed E-state index contributed by atoms with van der Waals surface area (Å²) in [6.45, 7) is 4.00. The SMILES string of the molecule is COC(=O)CCn1c(C)cc(C(=O)COc2ccc(C#N)cc2OC)c1C. The van der Waals surface area contributed by atoms with E-state index >= 15 is 0 Å². The Labute approximate surface area is 158 Å². The van der Waals surface area contributed by atoms with Crippen LogP contribution >= 0.6 is 0 Å². The quantitative estimate of drug-likeness (QED) is 0.524. The monoisotopic (exact) mass is 370 g/mol. The lowest BCUT2D eigenvalue weighted by Crippen LogP contribution is -2.14. The van der Waals surface area contributed by atoms with E-state index in [1.807, 2.05) is 24.5 Å². The number of esters is 1. The first kappa shape index (κ1) is 20.0. The molecule has 27 heavy (non-hydrogen) atoms. The van der Waals surface area contributed by atoms with Crippen LogP contribution in [0, 0.1) is 25.2 Å². The Bertz CT molecular complexity index is 893. The van der Waals surface area contributed by atoms with Crippen molar-refractivity contribution < 1.29 is 23.8 Å². The number of nitriles is 1. The number of nitrogens with zero attached hydrogens (tertiary/aromatic N) is 2. The summed E-state index contributed by atoms with van der Waals surface area (Å²) in [5.74, 6) is 0.306. The fourth-order valence-electron chi connectivity index (χ4n) is 2.81. The number of ether oxygens (including phenoxy) is 3. The van der Waals surface area contributed by atoms with Gasteiger partial charge in [-0.15, -0.1) is 0 Å². The molecule has 0 fully saturated rings. The summed E-state index contributed by atoms with van der Waals surface area (Å²) in [6.07, 6.45) is 0.236. The summed E-state index contributed by atoms with van der Waals surface area (Å²) in [5, 5.41) is 8.94. The lowest BCUT2D eigenvalue weighted by atomic mass is 10.1. The number of ketones is 1. The van der Waals surface area contributed by atoms with Crippen molar-refractivity contribution in [2.45, 2.75) is 26.8 Å². The fourth-order valence-corrected chi connectivity index (χ4v) is 2.81. The van der Waals surface area contributed by atoms with Gasteiger partial charge >= 0.3 is 5.97 Å². The van der Waals surface area contributed by atoms with Crippen molar-refractivity contribution >= 4 is 11.8 Å². The zero-order chi connectivity index (χ0) is 20.0. The van der Waals surface area contributed by atoms with E-state index in [-0.39, 0.29) is 24.8 Å². The molecule has 1 aromatic carbocycles. The second kappa shape index (κ2) is 8.90. The standard InChI is InChI=1S/C20H22N2O5/c1-13-9-16(14(2)22(13)8-7-20(24)26-4)17(23)12-27-18-6-5-15(11-21)10-19(18)25-3/h5-6,9-10H,7-8,12H2,1-4H3. The molecule has 0 aliphatic rings. The minimum atomic E-state index is -0.299. The number of carbonyl (C=O) groups excluding carboxylic acids is 2. The second-order valence-electron chi connectivity index (χ2n) is 5.95. The highest BCUT2D eigenvalue weighted by atomic mass is 16.5. The number of methoxy groups -OCH3 is 2. The predicted molar refractivity (Wildman–Crippen MR) is 98.1 cm³/mol. The van der Waals surface area contributed by atoms with E-state index in [2.05, 4.69) is 4.74 Å². The van der Waals surface area contributed by atoms with Crippen molar-refractivity contribution in [3.63, 3.8) is 0 Å². The maximum absolute atomic E-state index is 12.6. The van der Waals surface area contributed by atoms with Gasteiger partial charge in [0.25, 0.3) is 0 Å². The minimum absolute atomic E-state index is 0.163. The molecule has 7 nitrogen and oxygen atoms in total. The summed E-state index contributed by atoms with van der Waals surface area (Å²) in [7, 11) is 2.82. The lowest BCUT2D eigenvalue weighted by Gasteiger charge is -2.11. The average Bonchev–Trinajstić information content (AvgIpc) is 2.97. The number of aromatic nitrogens is 1. The number of benzene rings is 1. The molecule has 7 heteroatoms. The van der Waals surface area contributed by atoms with Gasteiger partial charge in [0, 0.05) is 29.6 Å². The molecule has 0 saturated carbocycles. The van der Waals surface area contributed by atoms with Crippen LogP contribution < -0.4 is 9.47 Å². The molecule has 0 radical (unpaired) electrons. The Hall–Kier alpha value is -3.27. The largest absolute Gasteiger partial charge is 0.493 e. The van der Waals surface area contributed by atoms with Gasteiger partial charge in [-0.1, -0.05) is 0 Å². The summed E-state index contributed by atoms with van der Waals surface area (Å²) in [6, 6.07) is 8.56. The second-order valence-corrected chi connectivity index (χ2v) is 5.95. The van der Waals surface area contributed by atoms with Gasteiger partial charge in [-0.25, -0.2) is 0 Å². The van der Waals surface area contributed by atoms with Gasteiger partial charge in [-0.05, 0) is 32.0 Å². The van der Waals surface area contributed by atoms with Crippen molar-refractivity contribution in [1.82, 2.24) is 4.57 Å². The number of aryl methyl sites for hydroxylation is 1. The number of Topliss-reactive ketones (excluding diaryl/α,β-unsaturated/α-hetero) is 1. The van der Waals surface area contributed by atoms with E-state index in [0.29, 0.717) is 29.2 Å². The van der Waals surface area contributed by atoms with E-state index in [1.165, 1.54) is 14.2 Å². The number of rotatable bonds is 8. The molecule has 0 unspecified atom stereocenters. The van der Waals surface area contributed by atoms with Crippen LogP contribution in [-0.2, 0) is 16.1 Å². The third-order valence-corrected chi connectivity index (χ3v) is 4.29. The van der Waals surface area contributed by atoms with E-state index < -0.39 is 0 Å². The minimum Gasteiger partial charge on any atom is -0.493 e. The molecule has 0 aliphatic carbocycles. The zero-order valence-electron chi connectivity index (χ0n) is 15.9. The Kier molecular flexibility index (Phi) is 6.61. The van der Waals surface area contributed by atoms with Crippen molar-refractivity contribution in [2.24, 2.45) is 0 Å². The summed E-state index contributed by atoms with van der Waals surface area (Å²) in [4.78, 5) is 24.0. The van der Waals surface area contributed by atoms with Crippen LogP contribution in [0.4, 0.5) is 0 Å². The molecule has 2 aromatic rings. The third kappa shape index (κ3) is 4.67. The summed E-state index contributed by atoms with van der Waals surface area (Å²) < 4.78 is 17.4. The molecule has 1 aromatic heterocycles. The Morgan fingerprint density at radius 3 is 2.52 bits per heavy atom. The molecule has 0 bridgehead atoms. The average molecular weight is 370 g/mol. The van der Waals surface area contributed by atoms with Gasteiger partial charge < -0.3 is 18.8 Å². The van der Waals surface area contributed by atoms with E-state index in [4.69, 9.17) is 14.7 Å². The van der Waals surface area contributed by atoms with Crippen molar-refractivity contribution in [3.8, 4) is 17.6 Å². The molecular weight excluding hydrogens is 348 g/mol. The van der Waals surface area contributed by atoms with Crippen LogP contribution in [0.3, 0.4) is 0 Å². The van der Waals surface area contributed by atoms with Crippen LogP contribution in [0.2, 0.25) is 0 Å². The highest BCUT2D eigenvalue weighted by Crippen LogP contribution is 2.28. The van der Waals surface area contributed by atoms with Crippen LogP contribution in [0.15, 0.2) is 24.3 Å². The van der Waals surface area contributed by atoms with E-state index in [9.17, 15) is 9.59 Å². The highest BCUT2D eigenvalue weighted by molar-refractivity contribution is 5.98. The van der Waals surface area contributed by atoms with E-state index in [0.717, 1.165) is 11.4 Å². The molecule has 2 rings (SSSR count). The number of hydrogen-bond donors (Lipinski definition) is 0.